The van der Waals surface area contributed by atoms with Crippen molar-refractivity contribution in [1.29, 1.82) is 0 Å². The molecule has 0 spiro atoms. The first-order chi connectivity index (χ1) is 14.5. The molecule has 2 aromatic carbocycles. The second-order valence-corrected chi connectivity index (χ2v) is 8.08. The molecule has 0 saturated carbocycles. The Morgan fingerprint density at radius 3 is 2.70 bits per heavy atom. The first-order valence-corrected chi connectivity index (χ1v) is 10.7. The predicted molar refractivity (Wildman–Crippen MR) is 121 cm³/mol. The van der Waals surface area contributed by atoms with Crippen molar-refractivity contribution < 1.29 is 9.53 Å². The highest BCUT2D eigenvalue weighted by Crippen LogP contribution is 2.22. The van der Waals surface area contributed by atoms with E-state index in [0.717, 1.165) is 11.3 Å². The molecular weight excluding hydrogens is 420 g/mol. The minimum absolute atomic E-state index is 0.136. The molecule has 0 aliphatic rings. The number of aryl methyl sites for hydroxylation is 2. The van der Waals surface area contributed by atoms with Gasteiger partial charge in [-0.2, -0.15) is 0 Å². The summed E-state index contributed by atoms with van der Waals surface area (Å²) in [6, 6.07) is 13.0. The SMILES string of the molecule is C=CCn1c(COc2ccc(C)cc2C)nnc1SCC(=O)Nc1ccc(Cl)cc1. The number of thioether (sulfide) groups is 1. The van der Waals surface area contributed by atoms with E-state index in [1.165, 1.54) is 17.3 Å². The van der Waals surface area contributed by atoms with Crippen LogP contribution in [0.15, 0.2) is 60.3 Å². The van der Waals surface area contributed by atoms with E-state index in [4.69, 9.17) is 16.3 Å². The molecule has 3 rings (SSSR count). The number of carbonyl (C=O) groups is 1. The van der Waals surface area contributed by atoms with E-state index >= 15 is 0 Å². The topological polar surface area (TPSA) is 69.0 Å². The summed E-state index contributed by atoms with van der Waals surface area (Å²) < 4.78 is 7.84. The van der Waals surface area contributed by atoms with Crippen molar-refractivity contribution in [3.05, 3.63) is 77.1 Å². The molecule has 156 valence electrons. The molecule has 0 atom stereocenters. The number of nitrogens with one attached hydrogen (secondary N) is 1. The van der Waals surface area contributed by atoms with Gasteiger partial charge in [0.1, 0.15) is 12.4 Å². The number of benzene rings is 2. The number of ether oxygens (including phenoxy) is 1. The monoisotopic (exact) mass is 442 g/mol. The molecule has 0 unspecified atom stereocenters. The number of rotatable bonds is 9. The number of hydrogen-bond donors (Lipinski definition) is 1. The van der Waals surface area contributed by atoms with Crippen LogP contribution in [0.3, 0.4) is 0 Å². The molecular formula is C22H23ClN4O2S. The Labute approximate surface area is 185 Å². The molecule has 0 radical (unpaired) electrons. The van der Waals surface area contributed by atoms with Gasteiger partial charge in [0.15, 0.2) is 11.0 Å². The Hall–Kier alpha value is -2.77. The lowest BCUT2D eigenvalue weighted by atomic mass is 10.1. The summed E-state index contributed by atoms with van der Waals surface area (Å²) in [7, 11) is 0. The van der Waals surface area contributed by atoms with Crippen LogP contribution in [-0.2, 0) is 17.9 Å². The highest BCUT2D eigenvalue weighted by molar-refractivity contribution is 7.99. The van der Waals surface area contributed by atoms with Crippen LogP contribution in [0.5, 0.6) is 5.75 Å². The van der Waals surface area contributed by atoms with Crippen LogP contribution >= 0.6 is 23.4 Å². The van der Waals surface area contributed by atoms with Crippen molar-refractivity contribution >= 4 is 35.0 Å². The number of carbonyl (C=O) groups excluding carboxylic acids is 1. The van der Waals surface area contributed by atoms with Gasteiger partial charge in [-0.05, 0) is 49.7 Å². The van der Waals surface area contributed by atoms with Gasteiger partial charge in [-0.3, -0.25) is 9.36 Å². The largest absolute Gasteiger partial charge is 0.485 e. The molecule has 0 saturated heterocycles. The van der Waals surface area contributed by atoms with Crippen molar-refractivity contribution in [2.45, 2.75) is 32.2 Å². The van der Waals surface area contributed by atoms with Gasteiger partial charge in [-0.1, -0.05) is 47.1 Å². The van der Waals surface area contributed by atoms with Crippen molar-refractivity contribution in [2.24, 2.45) is 0 Å². The van der Waals surface area contributed by atoms with Crippen LogP contribution in [0, 0.1) is 13.8 Å². The maximum absolute atomic E-state index is 12.3. The van der Waals surface area contributed by atoms with E-state index in [2.05, 4.69) is 28.2 Å². The third-order valence-electron chi connectivity index (χ3n) is 4.25. The highest BCUT2D eigenvalue weighted by atomic mass is 35.5. The molecule has 1 amide bonds. The van der Waals surface area contributed by atoms with E-state index in [-0.39, 0.29) is 18.3 Å². The molecule has 8 heteroatoms. The fourth-order valence-electron chi connectivity index (χ4n) is 2.81. The fourth-order valence-corrected chi connectivity index (χ4v) is 3.70. The standard InChI is InChI=1S/C22H23ClN4O2S/c1-4-11-27-20(13-29-19-10-5-15(2)12-16(19)3)25-26-22(27)30-14-21(28)24-18-8-6-17(23)7-9-18/h4-10,12H,1,11,13-14H2,2-3H3,(H,24,28). The lowest BCUT2D eigenvalue weighted by molar-refractivity contribution is -0.113. The molecule has 1 aromatic heterocycles. The molecule has 6 nitrogen and oxygen atoms in total. The Balaban J connectivity index is 1.62. The van der Waals surface area contributed by atoms with Crippen molar-refractivity contribution in [1.82, 2.24) is 14.8 Å². The Morgan fingerprint density at radius 2 is 2.00 bits per heavy atom. The zero-order valence-corrected chi connectivity index (χ0v) is 18.5. The van der Waals surface area contributed by atoms with Crippen LogP contribution in [-0.4, -0.2) is 26.4 Å². The van der Waals surface area contributed by atoms with E-state index in [1.807, 2.05) is 30.5 Å². The molecule has 30 heavy (non-hydrogen) atoms. The van der Waals surface area contributed by atoms with Crippen LogP contribution in [0.1, 0.15) is 17.0 Å². The summed E-state index contributed by atoms with van der Waals surface area (Å²) >= 11 is 7.18. The molecule has 1 N–H and O–H groups in total. The first kappa shape index (κ1) is 21.9. The van der Waals surface area contributed by atoms with Crippen LogP contribution < -0.4 is 10.1 Å². The van der Waals surface area contributed by atoms with E-state index < -0.39 is 0 Å². The molecule has 0 aliphatic carbocycles. The molecule has 0 bridgehead atoms. The highest BCUT2D eigenvalue weighted by Gasteiger charge is 2.14. The van der Waals surface area contributed by atoms with Gasteiger partial charge >= 0.3 is 0 Å². The van der Waals surface area contributed by atoms with Gasteiger partial charge in [-0.15, -0.1) is 16.8 Å². The molecule has 0 aliphatic heterocycles. The summed E-state index contributed by atoms with van der Waals surface area (Å²) in [5.74, 6) is 1.56. The number of amides is 1. The zero-order valence-electron chi connectivity index (χ0n) is 16.9. The van der Waals surface area contributed by atoms with E-state index in [9.17, 15) is 4.79 Å². The number of allylic oxidation sites excluding steroid dienone is 1. The number of aromatic nitrogens is 3. The van der Waals surface area contributed by atoms with Gasteiger partial charge in [0.05, 0.1) is 5.75 Å². The van der Waals surface area contributed by atoms with Crippen molar-refractivity contribution in [3.8, 4) is 5.75 Å². The minimum Gasteiger partial charge on any atom is -0.485 e. The molecule has 0 fully saturated rings. The Kier molecular flexibility index (Phi) is 7.54. The van der Waals surface area contributed by atoms with Gasteiger partial charge in [0.25, 0.3) is 0 Å². The first-order valence-electron chi connectivity index (χ1n) is 9.37. The Morgan fingerprint density at radius 1 is 1.23 bits per heavy atom. The second-order valence-electron chi connectivity index (χ2n) is 6.70. The van der Waals surface area contributed by atoms with Gasteiger partial charge in [0, 0.05) is 17.3 Å². The summed E-state index contributed by atoms with van der Waals surface area (Å²) in [5.41, 5.74) is 2.95. The van der Waals surface area contributed by atoms with Crippen LogP contribution in [0.25, 0.3) is 0 Å². The third-order valence-corrected chi connectivity index (χ3v) is 5.47. The van der Waals surface area contributed by atoms with Gasteiger partial charge < -0.3 is 10.1 Å². The average Bonchev–Trinajstić information content (AvgIpc) is 3.09. The number of nitrogens with zero attached hydrogens (tertiary/aromatic N) is 3. The zero-order chi connectivity index (χ0) is 21.5. The summed E-state index contributed by atoms with van der Waals surface area (Å²) in [5, 5.41) is 12.6. The van der Waals surface area contributed by atoms with Crippen LogP contribution in [0.4, 0.5) is 5.69 Å². The molecule has 1 heterocycles. The normalized spacial score (nSPS) is 10.6. The summed E-state index contributed by atoms with van der Waals surface area (Å²) in [4.78, 5) is 12.3. The van der Waals surface area contributed by atoms with Gasteiger partial charge in [0.2, 0.25) is 5.91 Å². The summed E-state index contributed by atoms with van der Waals surface area (Å²) in [6.45, 7) is 8.67. The summed E-state index contributed by atoms with van der Waals surface area (Å²) in [6.07, 6.45) is 1.77. The van der Waals surface area contributed by atoms with E-state index in [1.54, 1.807) is 30.3 Å². The molecule has 3 aromatic rings. The second kappa shape index (κ2) is 10.3. The third kappa shape index (κ3) is 5.87. The number of hydrogen-bond acceptors (Lipinski definition) is 5. The fraction of sp³-hybridized carbons (Fsp3) is 0.227. The maximum atomic E-state index is 12.3. The number of anilines is 1. The van der Waals surface area contributed by atoms with Crippen LogP contribution in [0.2, 0.25) is 5.02 Å². The van der Waals surface area contributed by atoms with Crippen molar-refractivity contribution in [3.63, 3.8) is 0 Å². The quantitative estimate of drug-likeness (QED) is 0.371. The smallest absolute Gasteiger partial charge is 0.234 e. The predicted octanol–water partition coefficient (Wildman–Crippen LogP) is 5.04. The average molecular weight is 443 g/mol. The lowest BCUT2D eigenvalue weighted by Gasteiger charge is -2.11. The minimum atomic E-state index is -0.136. The number of halogens is 1. The van der Waals surface area contributed by atoms with Crippen molar-refractivity contribution in [2.75, 3.05) is 11.1 Å². The Bertz CT molecular complexity index is 1030. The van der Waals surface area contributed by atoms with E-state index in [0.29, 0.717) is 28.2 Å². The lowest BCUT2D eigenvalue weighted by Crippen LogP contribution is -2.15. The van der Waals surface area contributed by atoms with Gasteiger partial charge in [-0.25, -0.2) is 0 Å². The maximum Gasteiger partial charge on any atom is 0.234 e.